The Kier molecular flexibility index (Phi) is 3.33. The van der Waals surface area contributed by atoms with Gasteiger partial charge in [0.15, 0.2) is 0 Å². The molecular formula is C11H11BrFN3. The van der Waals surface area contributed by atoms with Crippen LogP contribution in [0.25, 0.3) is 0 Å². The van der Waals surface area contributed by atoms with Crippen LogP contribution in [-0.4, -0.2) is 15.0 Å². The first-order valence-electron chi connectivity index (χ1n) is 4.89. The van der Waals surface area contributed by atoms with Gasteiger partial charge in [-0.1, -0.05) is 27.2 Å². The summed E-state index contributed by atoms with van der Waals surface area (Å²) in [4.78, 5) is 0. The average molecular weight is 284 g/mol. The zero-order valence-corrected chi connectivity index (χ0v) is 10.4. The Morgan fingerprint density at radius 1 is 1.44 bits per heavy atom. The van der Waals surface area contributed by atoms with E-state index in [1.807, 2.05) is 13.1 Å². The van der Waals surface area contributed by atoms with Crippen LogP contribution in [0.15, 0.2) is 24.4 Å². The molecule has 0 fully saturated rings. The highest BCUT2D eigenvalue weighted by molar-refractivity contribution is 9.08. The van der Waals surface area contributed by atoms with Crippen molar-refractivity contribution in [2.24, 2.45) is 0 Å². The predicted molar refractivity (Wildman–Crippen MR) is 62.9 cm³/mol. The Labute approximate surface area is 101 Å². The van der Waals surface area contributed by atoms with E-state index in [2.05, 4.69) is 26.2 Å². The van der Waals surface area contributed by atoms with Gasteiger partial charge in [-0.05, 0) is 30.2 Å². The summed E-state index contributed by atoms with van der Waals surface area (Å²) in [6, 6.07) is 4.77. The maximum atomic E-state index is 12.9. The number of nitrogens with zero attached hydrogens (tertiary/aromatic N) is 3. The molecule has 0 aliphatic heterocycles. The van der Waals surface area contributed by atoms with Crippen molar-refractivity contribution in [2.45, 2.75) is 18.8 Å². The summed E-state index contributed by atoms with van der Waals surface area (Å²) in [6.07, 6.45) is 1.87. The van der Waals surface area contributed by atoms with Gasteiger partial charge in [0, 0.05) is 11.5 Å². The van der Waals surface area contributed by atoms with Crippen LogP contribution in [0.1, 0.15) is 16.8 Å². The van der Waals surface area contributed by atoms with Crippen molar-refractivity contribution in [3.63, 3.8) is 0 Å². The zero-order valence-electron chi connectivity index (χ0n) is 8.82. The largest absolute Gasteiger partial charge is 0.248 e. The van der Waals surface area contributed by atoms with Gasteiger partial charge in [-0.25, -0.2) is 9.07 Å². The van der Waals surface area contributed by atoms with E-state index in [0.29, 0.717) is 11.9 Å². The van der Waals surface area contributed by atoms with Crippen molar-refractivity contribution < 1.29 is 4.39 Å². The summed E-state index contributed by atoms with van der Waals surface area (Å²) in [6.45, 7) is 2.51. The fourth-order valence-electron chi connectivity index (χ4n) is 1.49. The molecular weight excluding hydrogens is 273 g/mol. The van der Waals surface area contributed by atoms with E-state index in [-0.39, 0.29) is 5.82 Å². The summed E-state index contributed by atoms with van der Waals surface area (Å²) in [7, 11) is 0. The van der Waals surface area contributed by atoms with Crippen LogP contribution in [-0.2, 0) is 11.9 Å². The van der Waals surface area contributed by atoms with Crippen LogP contribution < -0.4 is 0 Å². The van der Waals surface area contributed by atoms with Gasteiger partial charge in [0.25, 0.3) is 0 Å². The van der Waals surface area contributed by atoms with Gasteiger partial charge in [-0.2, -0.15) is 0 Å². The topological polar surface area (TPSA) is 30.7 Å². The van der Waals surface area contributed by atoms with Gasteiger partial charge in [-0.3, -0.25) is 0 Å². The van der Waals surface area contributed by atoms with Gasteiger partial charge in [-0.15, -0.1) is 5.10 Å². The highest BCUT2D eigenvalue weighted by atomic mass is 79.9. The van der Waals surface area contributed by atoms with Gasteiger partial charge in [0.2, 0.25) is 0 Å². The monoisotopic (exact) mass is 283 g/mol. The van der Waals surface area contributed by atoms with E-state index >= 15 is 0 Å². The predicted octanol–water partition coefficient (Wildman–Crippen LogP) is 2.67. The molecule has 0 aliphatic carbocycles. The molecule has 0 aliphatic rings. The minimum absolute atomic E-state index is 0.207. The molecule has 1 aromatic carbocycles. The Morgan fingerprint density at radius 2 is 2.25 bits per heavy atom. The Morgan fingerprint density at radius 3 is 2.88 bits per heavy atom. The number of hydrogen-bond acceptors (Lipinski definition) is 2. The summed E-state index contributed by atoms with van der Waals surface area (Å²) in [5, 5.41) is 8.65. The highest BCUT2D eigenvalue weighted by Gasteiger charge is 2.03. The first-order chi connectivity index (χ1) is 7.69. The molecule has 0 unspecified atom stereocenters. The number of hydrogen-bond donors (Lipinski definition) is 0. The minimum Gasteiger partial charge on any atom is -0.248 e. The number of aromatic nitrogens is 3. The van der Waals surface area contributed by atoms with Crippen LogP contribution in [0.2, 0.25) is 0 Å². The standard InChI is InChI=1S/C11H11BrFN3/c1-8-4-10(13)3-2-9(8)6-16-7-11(5-12)14-15-16/h2-4,7H,5-6H2,1H3. The third kappa shape index (κ3) is 2.47. The molecule has 16 heavy (non-hydrogen) atoms. The number of halogens is 2. The van der Waals surface area contributed by atoms with Crippen molar-refractivity contribution in [1.29, 1.82) is 0 Å². The second kappa shape index (κ2) is 4.74. The molecule has 5 heteroatoms. The maximum Gasteiger partial charge on any atom is 0.123 e. The lowest BCUT2D eigenvalue weighted by Crippen LogP contribution is -2.02. The molecule has 0 bridgehead atoms. The van der Waals surface area contributed by atoms with Crippen LogP contribution in [0.3, 0.4) is 0 Å². The number of aryl methyl sites for hydroxylation is 1. The lowest BCUT2D eigenvalue weighted by Gasteiger charge is -2.04. The SMILES string of the molecule is Cc1cc(F)ccc1Cn1cc(CBr)nn1. The van der Waals surface area contributed by atoms with Crippen molar-refractivity contribution in [1.82, 2.24) is 15.0 Å². The summed E-state index contributed by atoms with van der Waals surface area (Å²) >= 11 is 3.31. The van der Waals surface area contributed by atoms with E-state index in [0.717, 1.165) is 16.8 Å². The van der Waals surface area contributed by atoms with Crippen molar-refractivity contribution in [2.75, 3.05) is 0 Å². The maximum absolute atomic E-state index is 12.9. The molecule has 0 spiro atoms. The van der Waals surface area contributed by atoms with Crippen molar-refractivity contribution in [3.8, 4) is 0 Å². The number of rotatable bonds is 3. The summed E-state index contributed by atoms with van der Waals surface area (Å²) in [5.74, 6) is -0.207. The van der Waals surface area contributed by atoms with Crippen LogP contribution in [0.4, 0.5) is 4.39 Å². The van der Waals surface area contributed by atoms with Crippen molar-refractivity contribution >= 4 is 15.9 Å². The molecule has 2 aromatic rings. The number of alkyl halides is 1. The van der Waals surface area contributed by atoms with Gasteiger partial charge in [0.05, 0.1) is 12.2 Å². The van der Waals surface area contributed by atoms with Crippen LogP contribution in [0.5, 0.6) is 0 Å². The average Bonchev–Trinajstić information content (AvgIpc) is 2.70. The van der Waals surface area contributed by atoms with Crippen LogP contribution in [0, 0.1) is 12.7 Å². The van der Waals surface area contributed by atoms with Gasteiger partial charge in [0.1, 0.15) is 5.82 Å². The van der Waals surface area contributed by atoms with Gasteiger partial charge < -0.3 is 0 Å². The molecule has 0 saturated carbocycles. The first kappa shape index (κ1) is 11.3. The third-order valence-electron chi connectivity index (χ3n) is 2.36. The quantitative estimate of drug-likeness (QED) is 0.811. The Hall–Kier alpha value is -1.23. The fourth-order valence-corrected chi connectivity index (χ4v) is 1.75. The third-order valence-corrected chi connectivity index (χ3v) is 2.93. The second-order valence-corrected chi connectivity index (χ2v) is 4.17. The van der Waals surface area contributed by atoms with Gasteiger partial charge >= 0.3 is 0 Å². The molecule has 2 rings (SSSR count). The Balaban J connectivity index is 2.20. The lowest BCUT2D eigenvalue weighted by atomic mass is 10.1. The van der Waals surface area contributed by atoms with E-state index < -0.39 is 0 Å². The molecule has 0 amide bonds. The lowest BCUT2D eigenvalue weighted by molar-refractivity contribution is 0.619. The first-order valence-corrected chi connectivity index (χ1v) is 6.01. The minimum atomic E-state index is -0.207. The molecule has 3 nitrogen and oxygen atoms in total. The normalized spacial score (nSPS) is 10.7. The number of benzene rings is 1. The molecule has 1 aromatic heterocycles. The molecule has 0 atom stereocenters. The summed E-state index contributed by atoms with van der Waals surface area (Å²) < 4.78 is 14.7. The zero-order chi connectivity index (χ0) is 11.5. The van der Waals surface area contributed by atoms with E-state index in [1.165, 1.54) is 12.1 Å². The molecule has 0 radical (unpaired) electrons. The van der Waals surface area contributed by atoms with Crippen LogP contribution >= 0.6 is 15.9 Å². The van der Waals surface area contributed by atoms with Crippen molar-refractivity contribution in [3.05, 3.63) is 47.0 Å². The molecule has 1 heterocycles. The van der Waals surface area contributed by atoms with E-state index in [1.54, 1.807) is 10.7 Å². The summed E-state index contributed by atoms with van der Waals surface area (Å²) in [5.41, 5.74) is 2.86. The molecule has 84 valence electrons. The second-order valence-electron chi connectivity index (χ2n) is 3.61. The molecule has 0 N–H and O–H groups in total. The van der Waals surface area contributed by atoms with E-state index in [9.17, 15) is 4.39 Å². The fraction of sp³-hybridized carbons (Fsp3) is 0.273. The smallest absolute Gasteiger partial charge is 0.123 e. The highest BCUT2D eigenvalue weighted by Crippen LogP contribution is 2.11. The Bertz CT molecular complexity index is 496. The molecule has 0 saturated heterocycles. The van der Waals surface area contributed by atoms with E-state index in [4.69, 9.17) is 0 Å².